The van der Waals surface area contributed by atoms with Crippen molar-refractivity contribution in [3.05, 3.63) is 116 Å². The molecule has 1 aliphatic heterocycles. The Bertz CT molecular complexity index is 1520. The third-order valence-corrected chi connectivity index (χ3v) is 5.91. The van der Waals surface area contributed by atoms with Gasteiger partial charge in [0.05, 0.1) is 16.9 Å². The highest BCUT2D eigenvalue weighted by atomic mass is 35.5. The molecule has 0 fully saturated rings. The van der Waals surface area contributed by atoms with Crippen LogP contribution in [0.25, 0.3) is 11.0 Å². The summed E-state index contributed by atoms with van der Waals surface area (Å²) in [5.41, 5.74) is 7.64. The summed E-state index contributed by atoms with van der Waals surface area (Å²) >= 11 is 6.27. The maximum Gasteiger partial charge on any atom is 0.344 e. The molecular formula is C26H17ClN2O4. The van der Waals surface area contributed by atoms with Crippen LogP contribution in [-0.4, -0.2) is 0 Å². The molecule has 2 N–H and O–H groups in total. The number of ether oxygens (including phenoxy) is 2. The third kappa shape index (κ3) is 3.59. The second kappa shape index (κ2) is 8.38. The van der Waals surface area contributed by atoms with Crippen LogP contribution in [0, 0.1) is 11.3 Å². The van der Waals surface area contributed by atoms with Gasteiger partial charge >= 0.3 is 5.63 Å². The monoisotopic (exact) mass is 456 g/mol. The minimum absolute atomic E-state index is 0.0633. The molecule has 0 radical (unpaired) electrons. The number of nitrogens with zero attached hydrogens (tertiary/aromatic N) is 1. The van der Waals surface area contributed by atoms with Crippen molar-refractivity contribution >= 4 is 22.6 Å². The molecule has 6 nitrogen and oxygen atoms in total. The smallest absolute Gasteiger partial charge is 0.344 e. The van der Waals surface area contributed by atoms with Gasteiger partial charge in [-0.2, -0.15) is 5.26 Å². The van der Waals surface area contributed by atoms with Crippen molar-refractivity contribution in [3.8, 4) is 17.6 Å². The second-order valence-electron chi connectivity index (χ2n) is 7.47. The average Bonchev–Trinajstić information content (AvgIpc) is 2.83. The Balaban J connectivity index is 1.67. The summed E-state index contributed by atoms with van der Waals surface area (Å²) in [5.74, 6) is -0.110. The van der Waals surface area contributed by atoms with Gasteiger partial charge < -0.3 is 19.6 Å². The summed E-state index contributed by atoms with van der Waals surface area (Å²) < 4.78 is 17.4. The predicted molar refractivity (Wildman–Crippen MR) is 124 cm³/mol. The van der Waals surface area contributed by atoms with Crippen molar-refractivity contribution in [1.82, 2.24) is 0 Å². The normalized spacial score (nSPS) is 15.0. The SMILES string of the molecule is N#CC1=C(N)Oc2c(c(=O)oc3ccccc23)C1c1ccccc1OCc1ccccc1Cl. The molecule has 5 rings (SSSR count). The molecule has 1 unspecified atom stereocenters. The molecule has 1 aliphatic rings. The van der Waals surface area contributed by atoms with Gasteiger partial charge in [-0.1, -0.05) is 60.1 Å². The van der Waals surface area contributed by atoms with Crippen molar-refractivity contribution in [2.24, 2.45) is 5.73 Å². The summed E-state index contributed by atoms with van der Waals surface area (Å²) in [5, 5.41) is 11.1. The van der Waals surface area contributed by atoms with E-state index in [-0.39, 0.29) is 29.4 Å². The van der Waals surface area contributed by atoms with Crippen molar-refractivity contribution in [1.29, 1.82) is 5.26 Å². The van der Waals surface area contributed by atoms with Gasteiger partial charge in [0.15, 0.2) is 5.75 Å². The first-order valence-corrected chi connectivity index (χ1v) is 10.5. The molecule has 7 heteroatoms. The van der Waals surface area contributed by atoms with E-state index in [1.165, 1.54) is 0 Å². The highest BCUT2D eigenvalue weighted by molar-refractivity contribution is 6.31. The van der Waals surface area contributed by atoms with Crippen LogP contribution in [0.1, 0.15) is 22.6 Å². The molecule has 0 amide bonds. The van der Waals surface area contributed by atoms with E-state index in [0.717, 1.165) is 5.56 Å². The number of para-hydroxylation sites is 2. The number of halogens is 1. The van der Waals surface area contributed by atoms with Crippen LogP contribution in [0.3, 0.4) is 0 Å². The second-order valence-corrected chi connectivity index (χ2v) is 7.88. The molecule has 162 valence electrons. The van der Waals surface area contributed by atoms with Gasteiger partial charge in [0, 0.05) is 16.1 Å². The maximum atomic E-state index is 13.1. The number of hydrogen-bond donors (Lipinski definition) is 1. The van der Waals surface area contributed by atoms with Crippen LogP contribution >= 0.6 is 11.6 Å². The van der Waals surface area contributed by atoms with Crippen molar-refractivity contribution in [2.75, 3.05) is 0 Å². The third-order valence-electron chi connectivity index (χ3n) is 5.55. The molecule has 0 aliphatic carbocycles. The van der Waals surface area contributed by atoms with Gasteiger partial charge in [-0.15, -0.1) is 0 Å². The van der Waals surface area contributed by atoms with E-state index in [9.17, 15) is 10.1 Å². The van der Waals surface area contributed by atoms with E-state index in [4.69, 9.17) is 31.2 Å². The Hall–Kier alpha value is -4.21. The van der Waals surface area contributed by atoms with E-state index >= 15 is 0 Å². The Kier molecular flexibility index (Phi) is 5.25. The molecule has 0 bridgehead atoms. The fourth-order valence-corrected chi connectivity index (χ4v) is 4.19. The first-order valence-electron chi connectivity index (χ1n) is 10.2. The molecule has 0 spiro atoms. The molecule has 1 aromatic heterocycles. The summed E-state index contributed by atoms with van der Waals surface area (Å²) in [6.07, 6.45) is 0. The number of nitrogens with two attached hydrogens (primary N) is 1. The van der Waals surface area contributed by atoms with Crippen LogP contribution in [0.2, 0.25) is 5.02 Å². The first-order chi connectivity index (χ1) is 16.1. The van der Waals surface area contributed by atoms with Gasteiger partial charge in [0.2, 0.25) is 5.88 Å². The minimum atomic E-state index is -0.818. The van der Waals surface area contributed by atoms with Gasteiger partial charge in [0.1, 0.15) is 29.6 Å². The molecule has 4 aromatic rings. The molecule has 33 heavy (non-hydrogen) atoms. The summed E-state index contributed by atoms with van der Waals surface area (Å²) in [6.45, 7) is 0.209. The Morgan fingerprint density at radius 3 is 2.58 bits per heavy atom. The summed E-state index contributed by atoms with van der Waals surface area (Å²) in [7, 11) is 0. The number of hydrogen-bond acceptors (Lipinski definition) is 6. The van der Waals surface area contributed by atoms with Crippen LogP contribution in [-0.2, 0) is 6.61 Å². The van der Waals surface area contributed by atoms with E-state index in [1.807, 2.05) is 24.3 Å². The zero-order valence-electron chi connectivity index (χ0n) is 17.2. The molecule has 2 heterocycles. The number of fused-ring (bicyclic) bond motifs is 3. The Morgan fingerprint density at radius 1 is 1.03 bits per heavy atom. The minimum Gasteiger partial charge on any atom is -0.489 e. The van der Waals surface area contributed by atoms with Crippen LogP contribution in [0.5, 0.6) is 11.5 Å². The molecule has 3 aromatic carbocycles. The molecule has 1 atom stereocenters. The van der Waals surface area contributed by atoms with Gasteiger partial charge in [-0.25, -0.2) is 4.79 Å². The van der Waals surface area contributed by atoms with Crippen molar-refractivity contribution in [2.45, 2.75) is 12.5 Å². The zero-order chi connectivity index (χ0) is 22.9. The Labute approximate surface area is 194 Å². The van der Waals surface area contributed by atoms with Gasteiger partial charge in [-0.05, 0) is 24.3 Å². The fourth-order valence-electron chi connectivity index (χ4n) is 4.00. The lowest BCUT2D eigenvalue weighted by atomic mass is 9.83. The number of rotatable bonds is 4. The highest BCUT2D eigenvalue weighted by Gasteiger charge is 2.37. The first kappa shape index (κ1) is 20.7. The molecular weight excluding hydrogens is 440 g/mol. The van der Waals surface area contributed by atoms with E-state index in [0.29, 0.717) is 27.3 Å². The van der Waals surface area contributed by atoms with Crippen molar-refractivity contribution in [3.63, 3.8) is 0 Å². The quantitative estimate of drug-likeness (QED) is 0.421. The number of allylic oxidation sites excluding steroid dienone is 1. The zero-order valence-corrected chi connectivity index (χ0v) is 18.0. The van der Waals surface area contributed by atoms with E-state index < -0.39 is 11.5 Å². The van der Waals surface area contributed by atoms with Gasteiger partial charge in [0.25, 0.3) is 0 Å². The Morgan fingerprint density at radius 2 is 1.76 bits per heavy atom. The lowest BCUT2D eigenvalue weighted by Crippen LogP contribution is -2.26. The fraction of sp³-hybridized carbons (Fsp3) is 0.0769. The molecule has 0 saturated heterocycles. The number of benzene rings is 3. The van der Waals surface area contributed by atoms with Crippen LogP contribution < -0.4 is 20.8 Å². The van der Waals surface area contributed by atoms with Crippen LogP contribution in [0.4, 0.5) is 0 Å². The standard InChI is InChI=1S/C26H17ClN2O4/c27-19-10-4-1-7-15(19)14-31-20-11-5-2-8-16(20)22-18(13-28)25(29)33-24-17-9-3-6-12-21(17)32-26(30)23(22)24/h1-12,22H,14,29H2. The predicted octanol–water partition coefficient (Wildman–Crippen LogP) is 5.24. The topological polar surface area (TPSA) is 98.5 Å². The maximum absolute atomic E-state index is 13.1. The summed E-state index contributed by atoms with van der Waals surface area (Å²) in [6, 6.07) is 23.7. The highest BCUT2D eigenvalue weighted by Crippen LogP contribution is 2.45. The lowest BCUT2D eigenvalue weighted by Gasteiger charge is -2.27. The van der Waals surface area contributed by atoms with E-state index in [2.05, 4.69) is 6.07 Å². The van der Waals surface area contributed by atoms with Crippen LogP contribution in [0.15, 0.2) is 93.5 Å². The lowest BCUT2D eigenvalue weighted by molar-refractivity contribution is 0.301. The van der Waals surface area contributed by atoms with E-state index in [1.54, 1.807) is 48.5 Å². The largest absolute Gasteiger partial charge is 0.489 e. The average molecular weight is 457 g/mol. The van der Waals surface area contributed by atoms with Gasteiger partial charge in [-0.3, -0.25) is 0 Å². The molecule has 0 saturated carbocycles. The number of nitriles is 1. The summed E-state index contributed by atoms with van der Waals surface area (Å²) in [4.78, 5) is 13.1. The van der Waals surface area contributed by atoms with Crippen molar-refractivity contribution < 1.29 is 13.9 Å².